The van der Waals surface area contributed by atoms with Gasteiger partial charge in [0.15, 0.2) is 0 Å². The zero-order valence-electron chi connectivity index (χ0n) is 13.9. The van der Waals surface area contributed by atoms with Crippen molar-refractivity contribution in [3.8, 4) is 0 Å². The molecule has 0 fully saturated rings. The normalized spacial score (nSPS) is 10.5. The van der Waals surface area contributed by atoms with Crippen molar-refractivity contribution in [1.82, 2.24) is 0 Å². The summed E-state index contributed by atoms with van der Waals surface area (Å²) in [6.07, 6.45) is 0. The number of amides is 2. The molecule has 2 aromatic rings. The first-order valence-corrected chi connectivity index (χ1v) is 7.66. The Balaban J connectivity index is 2.02. The van der Waals surface area contributed by atoms with Crippen LogP contribution in [0.1, 0.15) is 36.5 Å². The van der Waals surface area contributed by atoms with Crippen LogP contribution in [-0.4, -0.2) is 11.8 Å². The number of carbonyl (C=O) groups excluding carboxylic acids is 2. The van der Waals surface area contributed by atoms with E-state index in [1.165, 1.54) is 5.56 Å². The second-order valence-electron chi connectivity index (χ2n) is 6.00. The smallest absolute Gasteiger partial charge is 0.314 e. The third kappa shape index (κ3) is 4.42. The van der Waals surface area contributed by atoms with Crippen LogP contribution in [0.3, 0.4) is 0 Å². The van der Waals surface area contributed by atoms with E-state index in [9.17, 15) is 9.59 Å². The molecule has 4 heteroatoms. The fourth-order valence-corrected chi connectivity index (χ4v) is 2.19. The fourth-order valence-electron chi connectivity index (χ4n) is 2.19. The molecule has 0 spiro atoms. The number of hydrogen-bond acceptors (Lipinski definition) is 2. The topological polar surface area (TPSA) is 58.2 Å². The minimum atomic E-state index is -0.678. The highest BCUT2D eigenvalue weighted by Crippen LogP contribution is 2.18. The van der Waals surface area contributed by atoms with E-state index >= 15 is 0 Å². The molecule has 4 nitrogen and oxygen atoms in total. The van der Waals surface area contributed by atoms with Crippen LogP contribution in [-0.2, 0) is 9.59 Å². The van der Waals surface area contributed by atoms with E-state index < -0.39 is 11.8 Å². The predicted octanol–water partition coefficient (Wildman–Crippen LogP) is 4.00. The first-order valence-electron chi connectivity index (χ1n) is 7.66. The highest BCUT2D eigenvalue weighted by Gasteiger charge is 2.15. The Morgan fingerprint density at radius 2 is 1.48 bits per heavy atom. The van der Waals surface area contributed by atoms with Crippen molar-refractivity contribution in [2.45, 2.75) is 33.6 Å². The van der Waals surface area contributed by atoms with Crippen LogP contribution >= 0.6 is 0 Å². The molecule has 0 unspecified atom stereocenters. The summed E-state index contributed by atoms with van der Waals surface area (Å²) in [5, 5.41) is 5.26. The van der Waals surface area contributed by atoms with Gasteiger partial charge in [-0.1, -0.05) is 38.1 Å². The third-order valence-corrected chi connectivity index (χ3v) is 3.68. The van der Waals surface area contributed by atoms with E-state index in [1.54, 1.807) is 12.1 Å². The molecule has 0 aromatic heterocycles. The highest BCUT2D eigenvalue weighted by atomic mass is 16.2. The molecule has 0 aliphatic carbocycles. The largest absolute Gasteiger partial charge is 0.318 e. The molecule has 2 N–H and O–H groups in total. The van der Waals surface area contributed by atoms with Crippen molar-refractivity contribution in [2.75, 3.05) is 10.6 Å². The van der Waals surface area contributed by atoms with Crippen molar-refractivity contribution in [1.29, 1.82) is 0 Å². The van der Waals surface area contributed by atoms with Gasteiger partial charge in [-0.25, -0.2) is 0 Å². The first-order chi connectivity index (χ1) is 10.9. The Bertz CT molecular complexity index is 719. The molecule has 2 aromatic carbocycles. The summed E-state index contributed by atoms with van der Waals surface area (Å²) >= 11 is 0. The van der Waals surface area contributed by atoms with Gasteiger partial charge in [0.1, 0.15) is 0 Å². The number of benzene rings is 2. The Morgan fingerprint density at radius 3 is 2.09 bits per heavy atom. The van der Waals surface area contributed by atoms with Crippen LogP contribution in [0.4, 0.5) is 11.4 Å². The van der Waals surface area contributed by atoms with Crippen LogP contribution in [0.5, 0.6) is 0 Å². The van der Waals surface area contributed by atoms with Crippen LogP contribution < -0.4 is 10.6 Å². The molecule has 0 radical (unpaired) electrons. The van der Waals surface area contributed by atoms with Gasteiger partial charge in [-0.2, -0.15) is 0 Å². The van der Waals surface area contributed by atoms with Crippen LogP contribution in [0.15, 0.2) is 42.5 Å². The standard InChI is InChI=1S/C19H22N2O2/c1-12(2)15-7-9-16(10-8-15)20-18(22)19(23)21-17-11-13(3)5-6-14(17)4/h5-12H,1-4H3,(H,20,22)(H,21,23). The van der Waals surface area contributed by atoms with Crippen molar-refractivity contribution >= 4 is 23.2 Å². The minimum absolute atomic E-state index is 0.423. The van der Waals surface area contributed by atoms with E-state index in [-0.39, 0.29) is 0 Å². The van der Waals surface area contributed by atoms with E-state index in [2.05, 4.69) is 24.5 Å². The van der Waals surface area contributed by atoms with E-state index in [1.807, 2.05) is 44.2 Å². The second kappa shape index (κ2) is 7.09. The summed E-state index contributed by atoms with van der Waals surface area (Å²) < 4.78 is 0. The Labute approximate surface area is 136 Å². The molecular formula is C19H22N2O2. The number of hydrogen-bond donors (Lipinski definition) is 2. The van der Waals surface area contributed by atoms with Gasteiger partial charge in [-0.05, 0) is 54.7 Å². The van der Waals surface area contributed by atoms with Crippen molar-refractivity contribution < 1.29 is 9.59 Å². The molecule has 0 saturated heterocycles. The average Bonchev–Trinajstić information content (AvgIpc) is 2.51. The van der Waals surface area contributed by atoms with E-state index in [4.69, 9.17) is 0 Å². The van der Waals surface area contributed by atoms with Crippen LogP contribution in [0.2, 0.25) is 0 Å². The lowest BCUT2D eigenvalue weighted by Crippen LogP contribution is -2.29. The average molecular weight is 310 g/mol. The summed E-state index contributed by atoms with van der Waals surface area (Å²) in [6, 6.07) is 13.2. The molecular weight excluding hydrogens is 288 g/mol. The van der Waals surface area contributed by atoms with Crippen molar-refractivity contribution in [2.24, 2.45) is 0 Å². The maximum absolute atomic E-state index is 12.0. The lowest BCUT2D eigenvalue weighted by molar-refractivity contribution is -0.133. The van der Waals surface area contributed by atoms with Gasteiger partial charge < -0.3 is 10.6 Å². The monoisotopic (exact) mass is 310 g/mol. The number of rotatable bonds is 3. The highest BCUT2D eigenvalue weighted by molar-refractivity contribution is 6.43. The van der Waals surface area contributed by atoms with Gasteiger partial charge in [-0.3, -0.25) is 9.59 Å². The predicted molar refractivity (Wildman–Crippen MR) is 93.7 cm³/mol. The third-order valence-electron chi connectivity index (χ3n) is 3.68. The van der Waals surface area contributed by atoms with Crippen molar-refractivity contribution in [3.05, 3.63) is 59.2 Å². The molecule has 2 amide bonds. The number of carbonyl (C=O) groups is 2. The molecule has 0 aliphatic rings. The van der Waals surface area contributed by atoms with Gasteiger partial charge in [0.25, 0.3) is 0 Å². The number of aryl methyl sites for hydroxylation is 2. The molecule has 0 atom stereocenters. The van der Waals surface area contributed by atoms with Gasteiger partial charge in [0.2, 0.25) is 0 Å². The summed E-state index contributed by atoms with van der Waals surface area (Å²) in [5.74, 6) is -0.929. The molecule has 23 heavy (non-hydrogen) atoms. The SMILES string of the molecule is Cc1ccc(C)c(NC(=O)C(=O)Nc2ccc(C(C)C)cc2)c1. The Morgan fingerprint density at radius 1 is 0.870 bits per heavy atom. The lowest BCUT2D eigenvalue weighted by atomic mass is 10.0. The quantitative estimate of drug-likeness (QED) is 0.842. The van der Waals surface area contributed by atoms with Gasteiger partial charge in [0, 0.05) is 11.4 Å². The summed E-state index contributed by atoms with van der Waals surface area (Å²) in [4.78, 5) is 24.0. The summed E-state index contributed by atoms with van der Waals surface area (Å²) in [5.41, 5.74) is 4.38. The Kier molecular flexibility index (Phi) is 5.16. The number of anilines is 2. The molecule has 2 rings (SSSR count). The maximum Gasteiger partial charge on any atom is 0.314 e. The van der Waals surface area contributed by atoms with Crippen LogP contribution in [0.25, 0.3) is 0 Å². The molecule has 0 saturated carbocycles. The van der Waals surface area contributed by atoms with Crippen molar-refractivity contribution in [3.63, 3.8) is 0 Å². The number of nitrogens with one attached hydrogen (secondary N) is 2. The Hall–Kier alpha value is -2.62. The van der Waals surface area contributed by atoms with Crippen LogP contribution in [0, 0.1) is 13.8 Å². The maximum atomic E-state index is 12.0. The molecule has 0 bridgehead atoms. The fraction of sp³-hybridized carbons (Fsp3) is 0.263. The van der Waals surface area contributed by atoms with Gasteiger partial charge in [-0.15, -0.1) is 0 Å². The van der Waals surface area contributed by atoms with Gasteiger partial charge in [0.05, 0.1) is 0 Å². The molecule has 0 aliphatic heterocycles. The lowest BCUT2D eigenvalue weighted by Gasteiger charge is -2.10. The first kappa shape index (κ1) is 16.7. The minimum Gasteiger partial charge on any atom is -0.318 e. The van der Waals surface area contributed by atoms with E-state index in [0.717, 1.165) is 11.1 Å². The zero-order valence-corrected chi connectivity index (χ0v) is 13.9. The summed E-state index contributed by atoms with van der Waals surface area (Å²) in [7, 11) is 0. The second-order valence-corrected chi connectivity index (χ2v) is 6.00. The zero-order chi connectivity index (χ0) is 17.0. The molecule has 120 valence electrons. The summed E-state index contributed by atoms with van der Waals surface area (Å²) in [6.45, 7) is 8.03. The van der Waals surface area contributed by atoms with E-state index in [0.29, 0.717) is 17.3 Å². The van der Waals surface area contributed by atoms with Gasteiger partial charge >= 0.3 is 11.8 Å². The molecule has 0 heterocycles.